The van der Waals surface area contributed by atoms with Crippen LogP contribution in [-0.4, -0.2) is 49.3 Å². The van der Waals surface area contributed by atoms with Crippen LogP contribution < -0.4 is 5.73 Å². The summed E-state index contributed by atoms with van der Waals surface area (Å²) in [5.41, 5.74) is 5.35. The van der Waals surface area contributed by atoms with Crippen LogP contribution in [-0.2, 0) is 32.7 Å². The summed E-state index contributed by atoms with van der Waals surface area (Å²) in [7, 11) is -4.37. The van der Waals surface area contributed by atoms with Gasteiger partial charge in [-0.3, -0.25) is 18.6 Å². The number of hydrogen-bond acceptors (Lipinski definition) is 8. The van der Waals surface area contributed by atoms with E-state index in [-0.39, 0.29) is 38.6 Å². The SMILES string of the molecule is CCCCCCCC/C=C/CCCCCCCCCC(=O)OC[C@H](COP(=O)(O)OCCN)OC(=O)CCCCCCCCCCCCCCCCC. The molecule has 0 spiro atoms. The molecule has 53 heavy (non-hydrogen) atoms. The van der Waals surface area contributed by atoms with Gasteiger partial charge >= 0.3 is 19.8 Å². The smallest absolute Gasteiger partial charge is 0.462 e. The summed E-state index contributed by atoms with van der Waals surface area (Å²) in [6.07, 6.45) is 40.9. The van der Waals surface area contributed by atoms with E-state index < -0.39 is 26.5 Å². The quantitative estimate of drug-likeness (QED) is 0.0269. The summed E-state index contributed by atoms with van der Waals surface area (Å²) in [4.78, 5) is 34.9. The van der Waals surface area contributed by atoms with Crippen LogP contribution in [0.15, 0.2) is 12.2 Å². The average molecular weight is 774 g/mol. The zero-order chi connectivity index (χ0) is 38.9. The zero-order valence-corrected chi connectivity index (χ0v) is 35.4. The molecule has 0 bridgehead atoms. The van der Waals surface area contributed by atoms with Crippen LogP contribution in [0.1, 0.15) is 219 Å². The monoisotopic (exact) mass is 774 g/mol. The number of ether oxygens (including phenoxy) is 2. The topological polar surface area (TPSA) is 134 Å². The van der Waals surface area contributed by atoms with E-state index in [4.69, 9.17) is 24.3 Å². The molecule has 0 fully saturated rings. The number of phosphoric acid groups is 1. The zero-order valence-electron chi connectivity index (χ0n) is 34.5. The summed E-state index contributed by atoms with van der Waals surface area (Å²) < 4.78 is 32.8. The lowest BCUT2D eigenvalue weighted by atomic mass is 10.0. The van der Waals surface area contributed by atoms with Crippen molar-refractivity contribution in [3.63, 3.8) is 0 Å². The number of carbonyl (C=O) groups excluding carboxylic acids is 2. The fourth-order valence-corrected chi connectivity index (χ4v) is 7.10. The number of unbranched alkanes of at least 4 members (excludes halogenated alkanes) is 27. The number of nitrogens with two attached hydrogens (primary N) is 1. The van der Waals surface area contributed by atoms with Gasteiger partial charge in [0.2, 0.25) is 0 Å². The third kappa shape index (κ3) is 40.2. The van der Waals surface area contributed by atoms with E-state index >= 15 is 0 Å². The van der Waals surface area contributed by atoms with Gasteiger partial charge in [-0.2, -0.15) is 0 Å². The van der Waals surface area contributed by atoms with E-state index in [1.54, 1.807) is 0 Å². The van der Waals surface area contributed by atoms with Crippen molar-refractivity contribution in [1.82, 2.24) is 0 Å². The van der Waals surface area contributed by atoms with E-state index in [2.05, 4.69) is 26.0 Å². The molecule has 0 aliphatic carbocycles. The van der Waals surface area contributed by atoms with E-state index in [1.165, 1.54) is 154 Å². The average Bonchev–Trinajstić information content (AvgIpc) is 3.14. The standard InChI is InChI=1S/C43H84NO8P/c1-3-5-7-9-11-13-15-17-19-20-22-23-25-27-29-31-33-35-42(45)49-39-41(40-51-53(47,48)50-38-37-44)52-43(46)36-34-32-30-28-26-24-21-18-16-14-12-10-8-6-4-2/h17,19,41H,3-16,18,20-40,44H2,1-2H3,(H,47,48)/b19-17+/t41-/m1/s1. The molecule has 314 valence electrons. The number of allylic oxidation sites excluding steroid dienone is 2. The second kappa shape index (κ2) is 40.4. The number of phosphoric ester groups is 1. The Hall–Kier alpha value is -1.25. The molecular weight excluding hydrogens is 689 g/mol. The molecule has 2 atom stereocenters. The van der Waals surface area contributed by atoms with E-state index in [9.17, 15) is 19.0 Å². The Balaban J connectivity index is 4.11. The van der Waals surface area contributed by atoms with Crippen molar-refractivity contribution in [2.24, 2.45) is 5.73 Å². The minimum absolute atomic E-state index is 0.0557. The number of esters is 2. The molecule has 9 nitrogen and oxygen atoms in total. The molecule has 0 heterocycles. The van der Waals surface area contributed by atoms with Crippen molar-refractivity contribution in [2.75, 3.05) is 26.4 Å². The summed E-state index contributed by atoms with van der Waals surface area (Å²) in [6.45, 7) is 3.75. The minimum atomic E-state index is -4.37. The third-order valence-corrected chi connectivity index (χ3v) is 10.6. The molecule has 3 N–H and O–H groups in total. The lowest BCUT2D eigenvalue weighted by Gasteiger charge is -2.19. The Bertz CT molecular complexity index is 886. The number of hydrogen-bond donors (Lipinski definition) is 2. The summed E-state index contributed by atoms with van der Waals surface area (Å²) in [5, 5.41) is 0. The first-order valence-corrected chi connectivity index (χ1v) is 23.7. The van der Waals surface area contributed by atoms with Gasteiger partial charge in [0.1, 0.15) is 6.61 Å². The maximum Gasteiger partial charge on any atom is 0.472 e. The molecule has 0 saturated heterocycles. The first-order valence-electron chi connectivity index (χ1n) is 22.2. The lowest BCUT2D eigenvalue weighted by Crippen LogP contribution is -2.29. The maximum atomic E-state index is 12.6. The van der Waals surface area contributed by atoms with Gasteiger partial charge in [0.25, 0.3) is 0 Å². The maximum absolute atomic E-state index is 12.6. The van der Waals surface area contributed by atoms with Gasteiger partial charge in [-0.25, -0.2) is 4.57 Å². The minimum Gasteiger partial charge on any atom is -0.462 e. The Labute approximate surface area is 326 Å². The molecule has 0 aliphatic heterocycles. The highest BCUT2D eigenvalue weighted by Crippen LogP contribution is 2.43. The van der Waals surface area contributed by atoms with Crippen LogP contribution in [0.2, 0.25) is 0 Å². The molecule has 0 saturated carbocycles. The molecular formula is C43H84NO8P. The number of rotatable bonds is 42. The van der Waals surface area contributed by atoms with Crippen LogP contribution in [0.5, 0.6) is 0 Å². The van der Waals surface area contributed by atoms with Crippen LogP contribution in [0.25, 0.3) is 0 Å². The summed E-state index contributed by atoms with van der Waals surface area (Å²) in [6, 6.07) is 0. The van der Waals surface area contributed by atoms with Crippen molar-refractivity contribution in [2.45, 2.75) is 225 Å². The van der Waals surface area contributed by atoms with Crippen LogP contribution >= 0.6 is 7.82 Å². The van der Waals surface area contributed by atoms with E-state index in [0.717, 1.165) is 32.1 Å². The second-order valence-corrected chi connectivity index (χ2v) is 16.4. The molecule has 0 amide bonds. The van der Waals surface area contributed by atoms with Gasteiger partial charge < -0.3 is 20.1 Å². The summed E-state index contributed by atoms with van der Waals surface area (Å²) in [5.74, 6) is -0.822. The Morgan fingerprint density at radius 2 is 0.925 bits per heavy atom. The molecule has 0 aromatic carbocycles. The van der Waals surface area contributed by atoms with Gasteiger partial charge in [0.05, 0.1) is 13.2 Å². The highest BCUT2D eigenvalue weighted by atomic mass is 31.2. The van der Waals surface area contributed by atoms with Gasteiger partial charge in [0.15, 0.2) is 6.10 Å². The second-order valence-electron chi connectivity index (χ2n) is 14.9. The van der Waals surface area contributed by atoms with E-state index in [0.29, 0.717) is 6.42 Å². The largest absolute Gasteiger partial charge is 0.472 e. The first-order chi connectivity index (χ1) is 25.8. The highest BCUT2D eigenvalue weighted by Gasteiger charge is 2.26. The Morgan fingerprint density at radius 1 is 0.547 bits per heavy atom. The van der Waals surface area contributed by atoms with Crippen molar-refractivity contribution >= 4 is 19.8 Å². The molecule has 0 aromatic rings. The van der Waals surface area contributed by atoms with Gasteiger partial charge in [0, 0.05) is 19.4 Å². The molecule has 10 heteroatoms. The van der Waals surface area contributed by atoms with E-state index in [1.807, 2.05) is 0 Å². The fraction of sp³-hybridized carbons (Fsp3) is 0.907. The fourth-order valence-electron chi connectivity index (χ4n) is 6.34. The molecule has 0 aromatic heterocycles. The van der Waals surface area contributed by atoms with Gasteiger partial charge in [-0.05, 0) is 38.5 Å². The van der Waals surface area contributed by atoms with Crippen molar-refractivity contribution in [3.8, 4) is 0 Å². The van der Waals surface area contributed by atoms with Crippen LogP contribution in [0.3, 0.4) is 0 Å². The summed E-state index contributed by atoms with van der Waals surface area (Å²) >= 11 is 0. The van der Waals surface area contributed by atoms with Crippen molar-refractivity contribution in [1.29, 1.82) is 0 Å². The van der Waals surface area contributed by atoms with Crippen LogP contribution in [0, 0.1) is 0 Å². The lowest BCUT2D eigenvalue weighted by molar-refractivity contribution is -0.161. The van der Waals surface area contributed by atoms with Gasteiger partial charge in [-0.1, -0.05) is 180 Å². The first kappa shape index (κ1) is 51.8. The predicted octanol–water partition coefficient (Wildman–Crippen LogP) is 12.6. The van der Waals surface area contributed by atoms with Gasteiger partial charge in [-0.15, -0.1) is 0 Å². The van der Waals surface area contributed by atoms with Crippen LogP contribution in [0.4, 0.5) is 0 Å². The Kier molecular flexibility index (Phi) is 39.5. The predicted molar refractivity (Wildman–Crippen MR) is 220 cm³/mol. The Morgan fingerprint density at radius 3 is 1.34 bits per heavy atom. The molecule has 0 rings (SSSR count). The molecule has 0 aliphatic rings. The molecule has 0 radical (unpaired) electrons. The normalized spacial score (nSPS) is 13.4. The van der Waals surface area contributed by atoms with Crippen molar-refractivity contribution in [3.05, 3.63) is 12.2 Å². The molecule has 1 unspecified atom stereocenters. The third-order valence-electron chi connectivity index (χ3n) is 9.65. The number of carbonyl (C=O) groups is 2. The highest BCUT2D eigenvalue weighted by molar-refractivity contribution is 7.47. The van der Waals surface area contributed by atoms with Crippen molar-refractivity contribution < 1.29 is 37.6 Å².